The molecule has 1 saturated heterocycles. The first kappa shape index (κ1) is 15.3. The zero-order valence-electron chi connectivity index (χ0n) is 13.6. The molecule has 3 heteroatoms. The Balaban J connectivity index is 2.05. The zero-order valence-corrected chi connectivity index (χ0v) is 13.6. The molecule has 1 heterocycles. The highest BCUT2D eigenvalue weighted by atomic mass is 15.3. The molecule has 3 atom stereocenters. The lowest BCUT2D eigenvalue weighted by atomic mass is 9.86. The van der Waals surface area contributed by atoms with Crippen LogP contribution in [-0.2, 0) is 0 Å². The second kappa shape index (κ2) is 6.11. The van der Waals surface area contributed by atoms with E-state index in [9.17, 15) is 0 Å². The van der Waals surface area contributed by atoms with E-state index in [1.807, 2.05) is 0 Å². The number of piperazine rings is 1. The van der Waals surface area contributed by atoms with Crippen LogP contribution in [0.1, 0.15) is 47.0 Å². The van der Waals surface area contributed by atoms with Crippen LogP contribution in [0.4, 0.5) is 0 Å². The first-order valence-corrected chi connectivity index (χ1v) is 8.13. The second-order valence-electron chi connectivity index (χ2n) is 7.38. The first-order valence-electron chi connectivity index (χ1n) is 8.13. The molecule has 0 aromatic rings. The summed E-state index contributed by atoms with van der Waals surface area (Å²) in [5.74, 6) is 0. The quantitative estimate of drug-likeness (QED) is 0.842. The van der Waals surface area contributed by atoms with Gasteiger partial charge in [-0.15, -0.1) is 0 Å². The van der Waals surface area contributed by atoms with Gasteiger partial charge in [-0.25, -0.2) is 0 Å². The van der Waals surface area contributed by atoms with Gasteiger partial charge in [0.1, 0.15) is 0 Å². The highest BCUT2D eigenvalue weighted by Crippen LogP contribution is 2.40. The van der Waals surface area contributed by atoms with Crippen LogP contribution < -0.4 is 5.32 Å². The van der Waals surface area contributed by atoms with Crippen LogP contribution in [0.2, 0.25) is 0 Å². The molecule has 0 bridgehead atoms. The molecule has 1 saturated carbocycles. The third kappa shape index (κ3) is 3.32. The number of nitrogens with zero attached hydrogens (tertiary/aromatic N) is 2. The summed E-state index contributed by atoms with van der Waals surface area (Å²) in [4.78, 5) is 5.25. The topological polar surface area (TPSA) is 18.5 Å². The van der Waals surface area contributed by atoms with Gasteiger partial charge in [-0.05, 0) is 45.2 Å². The van der Waals surface area contributed by atoms with Gasteiger partial charge in [0.05, 0.1) is 0 Å². The predicted molar refractivity (Wildman–Crippen MR) is 82.5 cm³/mol. The van der Waals surface area contributed by atoms with Crippen LogP contribution >= 0.6 is 0 Å². The van der Waals surface area contributed by atoms with Crippen molar-refractivity contribution in [2.75, 3.05) is 33.2 Å². The average molecular weight is 267 g/mol. The van der Waals surface area contributed by atoms with E-state index in [-0.39, 0.29) is 0 Å². The molecular weight excluding hydrogens is 234 g/mol. The number of nitrogens with one attached hydrogen (secondary N) is 1. The van der Waals surface area contributed by atoms with Gasteiger partial charge in [0.15, 0.2) is 0 Å². The van der Waals surface area contributed by atoms with Crippen molar-refractivity contribution in [2.45, 2.75) is 65.1 Å². The normalized spacial score (nSPS) is 36.8. The van der Waals surface area contributed by atoms with E-state index in [1.54, 1.807) is 0 Å². The summed E-state index contributed by atoms with van der Waals surface area (Å²) in [6.07, 6.45) is 3.96. The van der Waals surface area contributed by atoms with Gasteiger partial charge < -0.3 is 10.2 Å². The molecule has 0 aromatic heterocycles. The van der Waals surface area contributed by atoms with Gasteiger partial charge in [0, 0.05) is 37.8 Å². The summed E-state index contributed by atoms with van der Waals surface area (Å²) in [5, 5.41) is 3.85. The van der Waals surface area contributed by atoms with Crippen LogP contribution in [0.5, 0.6) is 0 Å². The van der Waals surface area contributed by atoms with Crippen LogP contribution in [0.25, 0.3) is 0 Å². The SMILES string of the molecule is CCCNC1C(N2CCN(C)CC2C)CCC1(C)C. The van der Waals surface area contributed by atoms with Crippen molar-refractivity contribution < 1.29 is 0 Å². The first-order chi connectivity index (χ1) is 8.95. The fourth-order valence-electron chi connectivity index (χ4n) is 4.08. The van der Waals surface area contributed by atoms with E-state index >= 15 is 0 Å². The summed E-state index contributed by atoms with van der Waals surface area (Å²) >= 11 is 0. The Bertz CT molecular complexity index is 290. The average Bonchev–Trinajstić information content (AvgIpc) is 2.62. The van der Waals surface area contributed by atoms with Crippen LogP contribution in [0.15, 0.2) is 0 Å². The smallest absolute Gasteiger partial charge is 0.0274 e. The van der Waals surface area contributed by atoms with Crippen molar-refractivity contribution >= 4 is 0 Å². The Morgan fingerprint density at radius 3 is 2.63 bits per heavy atom. The highest BCUT2D eigenvalue weighted by molar-refractivity contribution is 5.02. The molecule has 1 aliphatic carbocycles. The van der Waals surface area contributed by atoms with Gasteiger partial charge in [-0.1, -0.05) is 20.8 Å². The number of hydrogen-bond donors (Lipinski definition) is 1. The van der Waals surface area contributed by atoms with Gasteiger partial charge >= 0.3 is 0 Å². The molecular formula is C16H33N3. The molecule has 0 radical (unpaired) electrons. The molecule has 1 aliphatic heterocycles. The minimum absolute atomic E-state index is 0.447. The summed E-state index contributed by atoms with van der Waals surface area (Å²) in [7, 11) is 2.25. The Kier molecular flexibility index (Phi) is 4.91. The van der Waals surface area contributed by atoms with Crippen LogP contribution in [-0.4, -0.2) is 61.2 Å². The van der Waals surface area contributed by atoms with Crippen molar-refractivity contribution in [2.24, 2.45) is 5.41 Å². The standard InChI is InChI=1S/C16H33N3/c1-6-9-17-15-14(7-8-16(15,3)4)19-11-10-18(5)12-13(19)2/h13-15,17H,6-12H2,1-5H3. The van der Waals surface area contributed by atoms with E-state index in [2.05, 4.69) is 49.9 Å². The van der Waals surface area contributed by atoms with Crippen molar-refractivity contribution in [1.82, 2.24) is 15.1 Å². The van der Waals surface area contributed by atoms with Crippen molar-refractivity contribution in [3.8, 4) is 0 Å². The summed E-state index contributed by atoms with van der Waals surface area (Å²) < 4.78 is 0. The van der Waals surface area contributed by atoms with E-state index in [4.69, 9.17) is 0 Å². The Labute approximate surface area is 119 Å². The zero-order chi connectivity index (χ0) is 14.0. The van der Waals surface area contributed by atoms with Crippen molar-refractivity contribution in [1.29, 1.82) is 0 Å². The molecule has 2 fully saturated rings. The fourth-order valence-corrected chi connectivity index (χ4v) is 4.08. The lowest BCUT2D eigenvalue weighted by Crippen LogP contribution is -2.60. The number of rotatable bonds is 4. The molecule has 112 valence electrons. The maximum atomic E-state index is 3.85. The predicted octanol–water partition coefficient (Wildman–Crippen LogP) is 2.18. The molecule has 19 heavy (non-hydrogen) atoms. The van der Waals surface area contributed by atoms with Crippen molar-refractivity contribution in [3.05, 3.63) is 0 Å². The summed E-state index contributed by atoms with van der Waals surface area (Å²) in [6.45, 7) is 14.4. The number of likely N-dealkylation sites (N-methyl/N-ethyl adjacent to an activating group) is 1. The molecule has 0 spiro atoms. The highest BCUT2D eigenvalue weighted by Gasteiger charge is 2.45. The summed E-state index contributed by atoms with van der Waals surface area (Å²) in [5.41, 5.74) is 0.447. The Morgan fingerprint density at radius 2 is 2.00 bits per heavy atom. The molecule has 0 aromatic carbocycles. The minimum atomic E-state index is 0.447. The van der Waals surface area contributed by atoms with Gasteiger partial charge in [-0.2, -0.15) is 0 Å². The minimum Gasteiger partial charge on any atom is -0.312 e. The number of hydrogen-bond acceptors (Lipinski definition) is 3. The van der Waals surface area contributed by atoms with Crippen LogP contribution in [0, 0.1) is 5.41 Å². The lowest BCUT2D eigenvalue weighted by molar-refractivity contribution is 0.0442. The van der Waals surface area contributed by atoms with Gasteiger partial charge in [0.2, 0.25) is 0 Å². The molecule has 2 rings (SSSR count). The maximum absolute atomic E-state index is 3.85. The molecule has 0 amide bonds. The van der Waals surface area contributed by atoms with Crippen LogP contribution in [0.3, 0.4) is 0 Å². The molecule has 3 unspecified atom stereocenters. The summed E-state index contributed by atoms with van der Waals surface area (Å²) in [6, 6.07) is 2.10. The molecule has 1 N–H and O–H groups in total. The second-order valence-corrected chi connectivity index (χ2v) is 7.38. The monoisotopic (exact) mass is 267 g/mol. The van der Waals surface area contributed by atoms with Crippen molar-refractivity contribution in [3.63, 3.8) is 0 Å². The third-order valence-electron chi connectivity index (χ3n) is 5.23. The van der Waals surface area contributed by atoms with E-state index in [0.717, 1.165) is 12.6 Å². The third-order valence-corrected chi connectivity index (χ3v) is 5.23. The lowest BCUT2D eigenvalue weighted by Gasteiger charge is -2.45. The van der Waals surface area contributed by atoms with Gasteiger partial charge in [0.25, 0.3) is 0 Å². The molecule has 2 aliphatic rings. The van der Waals surface area contributed by atoms with E-state index in [0.29, 0.717) is 17.5 Å². The van der Waals surface area contributed by atoms with E-state index < -0.39 is 0 Å². The fraction of sp³-hybridized carbons (Fsp3) is 1.00. The molecule has 3 nitrogen and oxygen atoms in total. The Hall–Kier alpha value is -0.120. The largest absolute Gasteiger partial charge is 0.312 e. The Morgan fingerprint density at radius 1 is 1.26 bits per heavy atom. The van der Waals surface area contributed by atoms with E-state index in [1.165, 1.54) is 38.9 Å². The maximum Gasteiger partial charge on any atom is 0.0274 e. The van der Waals surface area contributed by atoms with Gasteiger partial charge in [-0.3, -0.25) is 4.90 Å².